The van der Waals surface area contributed by atoms with Crippen LogP contribution in [0.1, 0.15) is 26.7 Å². The average molecular weight is 185 g/mol. The fourth-order valence-electron chi connectivity index (χ4n) is 1.19. The molecule has 13 heavy (non-hydrogen) atoms. The molecular weight excluding hydrogens is 166 g/mol. The maximum atomic E-state index is 11.2. The lowest BCUT2D eigenvalue weighted by Gasteiger charge is -2.10. The van der Waals surface area contributed by atoms with Gasteiger partial charge in [-0.25, -0.2) is 0 Å². The number of hydrogen-bond donors (Lipinski definition) is 1. The van der Waals surface area contributed by atoms with Crippen molar-refractivity contribution in [1.29, 1.82) is 0 Å². The van der Waals surface area contributed by atoms with Gasteiger partial charge in [-0.15, -0.1) is 0 Å². The van der Waals surface area contributed by atoms with Gasteiger partial charge in [0.05, 0.1) is 12.5 Å². The minimum absolute atomic E-state index is 0.0151. The SMILES string of the molecule is CCOC(=O)C(C)CNCC1CC1. The number of nitrogens with one attached hydrogen (secondary N) is 1. The summed E-state index contributed by atoms with van der Waals surface area (Å²) in [5, 5.41) is 3.29. The van der Waals surface area contributed by atoms with Crippen LogP contribution in [-0.2, 0) is 9.53 Å². The molecule has 76 valence electrons. The Bertz CT molecular complexity index is 166. The van der Waals surface area contributed by atoms with Gasteiger partial charge in [0.1, 0.15) is 0 Å². The van der Waals surface area contributed by atoms with Gasteiger partial charge in [-0.3, -0.25) is 4.79 Å². The van der Waals surface area contributed by atoms with Crippen LogP contribution in [-0.4, -0.2) is 25.7 Å². The van der Waals surface area contributed by atoms with Gasteiger partial charge in [0, 0.05) is 6.54 Å². The van der Waals surface area contributed by atoms with Crippen LogP contribution in [0.2, 0.25) is 0 Å². The van der Waals surface area contributed by atoms with E-state index in [1.165, 1.54) is 12.8 Å². The second kappa shape index (κ2) is 5.22. The van der Waals surface area contributed by atoms with Gasteiger partial charge < -0.3 is 10.1 Å². The first-order valence-corrected chi connectivity index (χ1v) is 5.11. The number of carbonyl (C=O) groups excluding carboxylic acids is 1. The minimum atomic E-state index is -0.0919. The Hall–Kier alpha value is -0.570. The van der Waals surface area contributed by atoms with Gasteiger partial charge in [0.15, 0.2) is 0 Å². The molecule has 3 heteroatoms. The summed E-state index contributed by atoms with van der Waals surface area (Å²) in [4.78, 5) is 11.2. The molecular formula is C10H19NO2. The summed E-state index contributed by atoms with van der Waals surface area (Å²) in [5.41, 5.74) is 0. The number of hydrogen-bond acceptors (Lipinski definition) is 3. The molecule has 1 aliphatic carbocycles. The van der Waals surface area contributed by atoms with Crippen LogP contribution < -0.4 is 5.32 Å². The van der Waals surface area contributed by atoms with E-state index in [-0.39, 0.29) is 11.9 Å². The number of carbonyl (C=O) groups is 1. The highest BCUT2D eigenvalue weighted by molar-refractivity contribution is 5.72. The number of rotatable bonds is 6. The van der Waals surface area contributed by atoms with Crippen LogP contribution in [0.3, 0.4) is 0 Å². The van der Waals surface area contributed by atoms with Crippen molar-refractivity contribution in [3.8, 4) is 0 Å². The maximum Gasteiger partial charge on any atom is 0.309 e. The Balaban J connectivity index is 2.01. The van der Waals surface area contributed by atoms with Gasteiger partial charge in [0.25, 0.3) is 0 Å². The highest BCUT2D eigenvalue weighted by Crippen LogP contribution is 2.27. The van der Waals surface area contributed by atoms with Crippen molar-refractivity contribution in [3.05, 3.63) is 0 Å². The molecule has 1 rings (SSSR count). The zero-order valence-corrected chi connectivity index (χ0v) is 8.51. The van der Waals surface area contributed by atoms with E-state index in [2.05, 4.69) is 5.32 Å². The van der Waals surface area contributed by atoms with Crippen LogP contribution >= 0.6 is 0 Å². The average Bonchev–Trinajstić information content (AvgIpc) is 2.88. The van der Waals surface area contributed by atoms with Crippen molar-refractivity contribution >= 4 is 5.97 Å². The Morgan fingerprint density at radius 1 is 1.62 bits per heavy atom. The lowest BCUT2D eigenvalue weighted by molar-refractivity contribution is -0.147. The van der Waals surface area contributed by atoms with Crippen molar-refractivity contribution in [1.82, 2.24) is 5.32 Å². The van der Waals surface area contributed by atoms with Gasteiger partial charge in [-0.05, 0) is 32.2 Å². The molecule has 0 radical (unpaired) electrons. The Morgan fingerprint density at radius 3 is 2.85 bits per heavy atom. The molecule has 0 aromatic heterocycles. The first-order valence-electron chi connectivity index (χ1n) is 5.11. The maximum absolute atomic E-state index is 11.2. The fraction of sp³-hybridized carbons (Fsp3) is 0.900. The van der Waals surface area contributed by atoms with E-state index < -0.39 is 0 Å². The Morgan fingerprint density at radius 2 is 2.31 bits per heavy atom. The van der Waals surface area contributed by atoms with E-state index in [0.717, 1.165) is 19.0 Å². The van der Waals surface area contributed by atoms with E-state index in [9.17, 15) is 4.79 Å². The summed E-state index contributed by atoms with van der Waals surface area (Å²) in [6, 6.07) is 0. The zero-order chi connectivity index (χ0) is 9.68. The second-order valence-electron chi connectivity index (χ2n) is 3.75. The largest absolute Gasteiger partial charge is 0.466 e. The molecule has 1 saturated carbocycles. The van der Waals surface area contributed by atoms with E-state index in [0.29, 0.717) is 6.61 Å². The van der Waals surface area contributed by atoms with E-state index in [1.54, 1.807) is 0 Å². The number of ether oxygens (including phenoxy) is 1. The van der Waals surface area contributed by atoms with Crippen LogP contribution in [0.4, 0.5) is 0 Å². The van der Waals surface area contributed by atoms with Crippen molar-refractivity contribution < 1.29 is 9.53 Å². The molecule has 0 bridgehead atoms. The molecule has 0 aromatic carbocycles. The summed E-state index contributed by atoms with van der Waals surface area (Å²) < 4.78 is 4.90. The molecule has 1 N–H and O–H groups in total. The smallest absolute Gasteiger partial charge is 0.309 e. The molecule has 1 atom stereocenters. The van der Waals surface area contributed by atoms with E-state index in [4.69, 9.17) is 4.74 Å². The third-order valence-electron chi connectivity index (χ3n) is 2.27. The van der Waals surface area contributed by atoms with Gasteiger partial charge in [-0.1, -0.05) is 6.92 Å². The zero-order valence-electron chi connectivity index (χ0n) is 8.51. The molecule has 0 amide bonds. The van der Waals surface area contributed by atoms with Crippen LogP contribution in [0.5, 0.6) is 0 Å². The quantitative estimate of drug-likeness (QED) is 0.632. The van der Waals surface area contributed by atoms with Gasteiger partial charge in [-0.2, -0.15) is 0 Å². The summed E-state index contributed by atoms with van der Waals surface area (Å²) in [6.45, 7) is 6.02. The predicted octanol–water partition coefficient (Wildman–Crippen LogP) is 1.19. The topological polar surface area (TPSA) is 38.3 Å². The molecule has 1 unspecified atom stereocenters. The summed E-state index contributed by atoms with van der Waals surface area (Å²) >= 11 is 0. The Labute approximate surface area is 79.8 Å². The molecule has 1 fully saturated rings. The molecule has 0 saturated heterocycles. The van der Waals surface area contributed by atoms with Crippen molar-refractivity contribution in [2.24, 2.45) is 11.8 Å². The predicted molar refractivity (Wildman–Crippen MR) is 51.4 cm³/mol. The fourth-order valence-corrected chi connectivity index (χ4v) is 1.19. The molecule has 1 aliphatic rings. The first-order chi connectivity index (χ1) is 6.24. The van der Waals surface area contributed by atoms with Crippen LogP contribution in [0, 0.1) is 11.8 Å². The summed E-state index contributed by atoms with van der Waals surface area (Å²) in [6.07, 6.45) is 2.70. The van der Waals surface area contributed by atoms with Crippen molar-refractivity contribution in [3.63, 3.8) is 0 Å². The number of esters is 1. The van der Waals surface area contributed by atoms with Gasteiger partial charge in [0.2, 0.25) is 0 Å². The van der Waals surface area contributed by atoms with Crippen LogP contribution in [0.25, 0.3) is 0 Å². The van der Waals surface area contributed by atoms with E-state index >= 15 is 0 Å². The molecule has 0 heterocycles. The normalized spacial score (nSPS) is 18.3. The second-order valence-corrected chi connectivity index (χ2v) is 3.75. The molecule has 0 aliphatic heterocycles. The lowest BCUT2D eigenvalue weighted by Crippen LogP contribution is -2.29. The Kier molecular flexibility index (Phi) is 4.22. The third kappa shape index (κ3) is 4.27. The standard InChI is InChI=1S/C10H19NO2/c1-3-13-10(12)8(2)6-11-7-9-4-5-9/h8-9,11H,3-7H2,1-2H3. The summed E-state index contributed by atoms with van der Waals surface area (Å²) in [5.74, 6) is 0.763. The monoisotopic (exact) mass is 185 g/mol. The molecule has 3 nitrogen and oxygen atoms in total. The van der Waals surface area contributed by atoms with Crippen LogP contribution in [0.15, 0.2) is 0 Å². The highest BCUT2D eigenvalue weighted by atomic mass is 16.5. The first kappa shape index (κ1) is 10.5. The van der Waals surface area contributed by atoms with E-state index in [1.807, 2.05) is 13.8 Å². The summed E-state index contributed by atoms with van der Waals surface area (Å²) in [7, 11) is 0. The van der Waals surface area contributed by atoms with Crippen molar-refractivity contribution in [2.45, 2.75) is 26.7 Å². The highest BCUT2D eigenvalue weighted by Gasteiger charge is 2.21. The molecule has 0 aromatic rings. The lowest BCUT2D eigenvalue weighted by atomic mass is 10.2. The molecule has 0 spiro atoms. The minimum Gasteiger partial charge on any atom is -0.466 e. The van der Waals surface area contributed by atoms with Crippen molar-refractivity contribution in [2.75, 3.05) is 19.7 Å². The third-order valence-corrected chi connectivity index (χ3v) is 2.27. The van der Waals surface area contributed by atoms with Gasteiger partial charge >= 0.3 is 5.97 Å².